The summed E-state index contributed by atoms with van der Waals surface area (Å²) in [6.45, 7) is 0. The SMILES string of the molecule is COc1ccc2c(c1)[C@]1(C[C@H]1c1ccc3c(Nc4nc(Cl)nc5ccoc45)n[nH]c3c1)C(=O)N2. The first-order chi connectivity index (χ1) is 16.6. The number of anilines is 3. The summed E-state index contributed by atoms with van der Waals surface area (Å²) in [6.07, 6.45) is 2.29. The molecular weight excluding hydrogens is 456 g/mol. The molecule has 3 N–H and O–H groups in total. The molecule has 9 nitrogen and oxygen atoms in total. The molecule has 1 saturated carbocycles. The van der Waals surface area contributed by atoms with Crippen molar-refractivity contribution in [3.05, 3.63) is 65.1 Å². The van der Waals surface area contributed by atoms with Crippen molar-refractivity contribution >= 4 is 56.8 Å². The number of nitrogens with zero attached hydrogens (tertiary/aromatic N) is 3. The van der Waals surface area contributed by atoms with Crippen molar-refractivity contribution in [2.75, 3.05) is 17.7 Å². The van der Waals surface area contributed by atoms with Crippen LogP contribution in [0.3, 0.4) is 0 Å². The Morgan fingerprint density at radius 2 is 2.09 bits per heavy atom. The van der Waals surface area contributed by atoms with Gasteiger partial charge < -0.3 is 19.8 Å². The molecule has 0 saturated heterocycles. The zero-order valence-corrected chi connectivity index (χ0v) is 18.6. The van der Waals surface area contributed by atoms with Gasteiger partial charge in [-0.2, -0.15) is 10.1 Å². The highest BCUT2D eigenvalue weighted by Crippen LogP contribution is 2.65. The van der Waals surface area contributed by atoms with Crippen LogP contribution in [0.2, 0.25) is 5.28 Å². The number of hydrogen-bond acceptors (Lipinski definition) is 7. The lowest BCUT2D eigenvalue weighted by atomic mass is 9.91. The van der Waals surface area contributed by atoms with E-state index in [1.807, 2.05) is 36.4 Å². The third-order valence-electron chi connectivity index (χ3n) is 6.82. The van der Waals surface area contributed by atoms with Crippen molar-refractivity contribution in [1.29, 1.82) is 0 Å². The minimum Gasteiger partial charge on any atom is -0.497 e. The summed E-state index contributed by atoms with van der Waals surface area (Å²) in [5.74, 6) is 1.89. The van der Waals surface area contributed by atoms with Gasteiger partial charge in [-0.1, -0.05) is 6.07 Å². The Kier molecular flexibility index (Phi) is 3.82. The van der Waals surface area contributed by atoms with Gasteiger partial charge in [-0.25, -0.2) is 4.98 Å². The zero-order chi connectivity index (χ0) is 23.0. The number of nitrogens with one attached hydrogen (secondary N) is 3. The Labute approximate surface area is 197 Å². The van der Waals surface area contributed by atoms with Gasteiger partial charge in [0.1, 0.15) is 11.3 Å². The summed E-state index contributed by atoms with van der Waals surface area (Å²) in [4.78, 5) is 21.4. The maximum absolute atomic E-state index is 13.0. The van der Waals surface area contributed by atoms with Crippen LogP contribution < -0.4 is 15.4 Å². The minimum atomic E-state index is -0.554. The van der Waals surface area contributed by atoms with Gasteiger partial charge in [-0.3, -0.25) is 9.89 Å². The number of aromatic nitrogens is 4. The number of rotatable bonds is 4. The minimum absolute atomic E-state index is 0.0379. The number of amides is 1. The van der Waals surface area contributed by atoms with E-state index in [1.165, 1.54) is 6.26 Å². The second-order valence-corrected chi connectivity index (χ2v) is 8.91. The molecule has 7 rings (SSSR count). The number of ether oxygens (including phenoxy) is 1. The second-order valence-electron chi connectivity index (χ2n) is 8.57. The fourth-order valence-corrected chi connectivity index (χ4v) is 5.26. The maximum Gasteiger partial charge on any atom is 0.235 e. The third-order valence-corrected chi connectivity index (χ3v) is 6.99. The molecule has 4 heterocycles. The predicted octanol–water partition coefficient (Wildman–Crippen LogP) is 4.88. The highest BCUT2D eigenvalue weighted by molar-refractivity contribution is 6.28. The fraction of sp³-hybridized carbons (Fsp3) is 0.167. The maximum atomic E-state index is 13.0. The standard InChI is InChI=1S/C24H17ClN6O3/c1-33-12-3-5-16-14(9-12)24(22(32)26-16)10-15(24)11-2-4-13-18(8-11)30-31-20(13)28-21-19-17(6-7-34-19)27-23(25)29-21/h2-9,15H,10H2,1H3,(H,26,32)(H2,27,28,29,30,31)/t15-,24-/m0/s1. The van der Waals surface area contributed by atoms with Gasteiger partial charge in [0.15, 0.2) is 17.2 Å². The number of benzene rings is 2. The summed E-state index contributed by atoms with van der Waals surface area (Å²) in [6, 6.07) is 13.5. The van der Waals surface area contributed by atoms with Crippen LogP contribution in [0.5, 0.6) is 5.75 Å². The molecule has 0 radical (unpaired) electrons. The molecule has 3 aromatic heterocycles. The number of halogens is 1. The fourth-order valence-electron chi connectivity index (χ4n) is 5.08. The molecule has 10 heteroatoms. The van der Waals surface area contributed by atoms with Gasteiger partial charge in [0.05, 0.1) is 24.3 Å². The lowest BCUT2D eigenvalue weighted by molar-refractivity contribution is -0.118. The van der Waals surface area contributed by atoms with E-state index in [9.17, 15) is 4.79 Å². The van der Waals surface area contributed by atoms with Crippen LogP contribution in [-0.4, -0.2) is 33.2 Å². The Bertz CT molecular complexity index is 1640. The quantitative estimate of drug-likeness (QED) is 0.319. The lowest BCUT2D eigenvalue weighted by Gasteiger charge is -2.10. The van der Waals surface area contributed by atoms with E-state index in [1.54, 1.807) is 13.2 Å². The molecule has 0 bridgehead atoms. The van der Waals surface area contributed by atoms with Gasteiger partial charge >= 0.3 is 0 Å². The molecule has 1 spiro atoms. The van der Waals surface area contributed by atoms with Gasteiger partial charge in [-0.15, -0.1) is 0 Å². The smallest absolute Gasteiger partial charge is 0.235 e. The number of hydrogen-bond donors (Lipinski definition) is 3. The van der Waals surface area contributed by atoms with Crippen molar-refractivity contribution in [1.82, 2.24) is 20.2 Å². The Morgan fingerprint density at radius 1 is 1.18 bits per heavy atom. The molecule has 2 aromatic carbocycles. The Morgan fingerprint density at radius 3 is 2.97 bits per heavy atom. The van der Waals surface area contributed by atoms with E-state index in [-0.39, 0.29) is 17.1 Å². The molecule has 1 fully saturated rings. The number of carbonyl (C=O) groups is 1. The average molecular weight is 473 g/mol. The first-order valence-electron chi connectivity index (χ1n) is 10.7. The van der Waals surface area contributed by atoms with E-state index in [2.05, 4.69) is 30.8 Å². The summed E-state index contributed by atoms with van der Waals surface area (Å²) >= 11 is 6.06. The van der Waals surface area contributed by atoms with Crippen LogP contribution >= 0.6 is 11.6 Å². The van der Waals surface area contributed by atoms with Gasteiger partial charge in [0, 0.05) is 23.1 Å². The molecule has 5 aromatic rings. The van der Waals surface area contributed by atoms with Crippen molar-refractivity contribution in [2.24, 2.45) is 0 Å². The topological polar surface area (TPSA) is 118 Å². The van der Waals surface area contributed by atoms with Crippen molar-refractivity contribution in [3.63, 3.8) is 0 Å². The second kappa shape index (κ2) is 6.71. The lowest BCUT2D eigenvalue weighted by Crippen LogP contribution is -2.21. The molecule has 1 amide bonds. The number of methoxy groups -OCH3 is 1. The Hall–Kier alpha value is -4.11. The largest absolute Gasteiger partial charge is 0.497 e. The van der Waals surface area contributed by atoms with E-state index < -0.39 is 5.41 Å². The predicted molar refractivity (Wildman–Crippen MR) is 127 cm³/mol. The van der Waals surface area contributed by atoms with E-state index in [4.69, 9.17) is 20.8 Å². The first-order valence-corrected chi connectivity index (χ1v) is 11.1. The highest BCUT2D eigenvalue weighted by atomic mass is 35.5. The number of aromatic amines is 1. The molecule has 1 aliphatic carbocycles. The molecule has 1 aliphatic heterocycles. The molecule has 2 aliphatic rings. The van der Waals surface area contributed by atoms with E-state index in [0.717, 1.165) is 39.9 Å². The number of fused-ring (bicyclic) bond motifs is 4. The summed E-state index contributed by atoms with van der Waals surface area (Å²) in [7, 11) is 1.63. The molecule has 168 valence electrons. The zero-order valence-electron chi connectivity index (χ0n) is 17.8. The molecule has 2 atom stereocenters. The summed E-state index contributed by atoms with van der Waals surface area (Å²) in [5.41, 5.74) is 4.33. The number of H-pyrrole nitrogens is 1. The molecular formula is C24H17ClN6O3. The van der Waals surface area contributed by atoms with Crippen LogP contribution in [0.4, 0.5) is 17.3 Å². The van der Waals surface area contributed by atoms with Crippen LogP contribution in [-0.2, 0) is 10.2 Å². The monoisotopic (exact) mass is 472 g/mol. The first kappa shape index (κ1) is 19.4. The van der Waals surface area contributed by atoms with Gasteiger partial charge in [-0.05, 0) is 59.5 Å². The van der Waals surface area contributed by atoms with Crippen LogP contribution in [0.1, 0.15) is 23.5 Å². The molecule has 0 unspecified atom stereocenters. The third kappa shape index (κ3) is 2.61. The molecule has 34 heavy (non-hydrogen) atoms. The normalized spacial score (nSPS) is 20.6. The van der Waals surface area contributed by atoms with E-state index in [0.29, 0.717) is 22.7 Å². The van der Waals surface area contributed by atoms with Crippen molar-refractivity contribution < 1.29 is 13.9 Å². The summed E-state index contributed by atoms with van der Waals surface area (Å²) in [5, 5.41) is 14.7. The highest BCUT2D eigenvalue weighted by Gasteiger charge is 2.65. The van der Waals surface area contributed by atoms with Gasteiger partial charge in [0.25, 0.3) is 0 Å². The average Bonchev–Trinajstić information content (AvgIpc) is 3.07. The van der Waals surface area contributed by atoms with Crippen LogP contribution in [0, 0.1) is 0 Å². The van der Waals surface area contributed by atoms with Gasteiger partial charge in [0.2, 0.25) is 11.2 Å². The Balaban J connectivity index is 1.23. The van der Waals surface area contributed by atoms with E-state index >= 15 is 0 Å². The number of furan rings is 1. The van der Waals surface area contributed by atoms with Crippen molar-refractivity contribution in [2.45, 2.75) is 17.8 Å². The van der Waals surface area contributed by atoms with Crippen LogP contribution in [0.25, 0.3) is 22.0 Å². The number of carbonyl (C=O) groups excluding carboxylic acids is 1. The van der Waals surface area contributed by atoms with Crippen molar-refractivity contribution in [3.8, 4) is 5.75 Å². The summed E-state index contributed by atoms with van der Waals surface area (Å²) < 4.78 is 10.9. The van der Waals surface area contributed by atoms with Crippen LogP contribution in [0.15, 0.2) is 53.1 Å².